The van der Waals surface area contributed by atoms with Crippen molar-refractivity contribution in [3.05, 3.63) is 30.4 Å². The molecule has 1 N–H and O–H groups in total. The van der Waals surface area contributed by atoms with E-state index in [0.29, 0.717) is 18.2 Å². The fourth-order valence-corrected chi connectivity index (χ4v) is 3.92. The minimum Gasteiger partial charge on any atom is -0.375 e. The van der Waals surface area contributed by atoms with E-state index < -0.39 is 18.6 Å². The Morgan fingerprint density at radius 1 is 1.23 bits per heavy atom. The zero-order valence-corrected chi connectivity index (χ0v) is 17.4. The maximum atomic E-state index is 14.2. The number of hydrogen-bond acceptors (Lipinski definition) is 7. The Labute approximate surface area is 173 Å². The van der Waals surface area contributed by atoms with E-state index in [-0.39, 0.29) is 18.4 Å². The molecule has 0 bridgehead atoms. The number of ether oxygens (including phenoxy) is 1. The van der Waals surface area contributed by atoms with Gasteiger partial charge in [0.1, 0.15) is 29.1 Å². The van der Waals surface area contributed by atoms with E-state index in [9.17, 15) is 8.78 Å². The molecular formula is C20H25F2N7O. The van der Waals surface area contributed by atoms with Gasteiger partial charge < -0.3 is 19.5 Å². The van der Waals surface area contributed by atoms with Gasteiger partial charge in [-0.05, 0) is 33.3 Å². The third kappa shape index (κ3) is 3.79. The number of piperidine rings is 1. The maximum Gasteiger partial charge on any atom is 0.290 e. The minimum atomic E-state index is -2.96. The summed E-state index contributed by atoms with van der Waals surface area (Å²) in [7, 11) is 1.31. The highest BCUT2D eigenvalue weighted by atomic mass is 19.3. The Bertz CT molecular complexity index is 1050. The van der Waals surface area contributed by atoms with Crippen LogP contribution in [-0.2, 0) is 4.74 Å². The van der Waals surface area contributed by atoms with Crippen LogP contribution in [0.4, 0.5) is 26.4 Å². The molecular weight excluding hydrogens is 392 g/mol. The Balaban J connectivity index is 1.57. The van der Waals surface area contributed by atoms with Crippen molar-refractivity contribution in [1.82, 2.24) is 24.5 Å². The molecule has 0 aliphatic carbocycles. The molecule has 8 nitrogen and oxygen atoms in total. The number of halogens is 2. The van der Waals surface area contributed by atoms with Gasteiger partial charge in [-0.1, -0.05) is 0 Å². The fourth-order valence-electron chi connectivity index (χ4n) is 3.92. The molecule has 30 heavy (non-hydrogen) atoms. The summed E-state index contributed by atoms with van der Waals surface area (Å²) >= 11 is 0. The topological polar surface area (TPSA) is 81.0 Å². The molecule has 1 aliphatic rings. The van der Waals surface area contributed by atoms with Crippen molar-refractivity contribution in [2.24, 2.45) is 0 Å². The van der Waals surface area contributed by atoms with Gasteiger partial charge >= 0.3 is 0 Å². The van der Waals surface area contributed by atoms with E-state index in [0.717, 1.165) is 16.9 Å². The monoisotopic (exact) mass is 417 g/mol. The Hall–Kier alpha value is -2.88. The van der Waals surface area contributed by atoms with E-state index in [4.69, 9.17) is 4.74 Å². The number of aromatic nitrogens is 5. The number of rotatable bonds is 5. The van der Waals surface area contributed by atoms with Crippen molar-refractivity contribution in [3.63, 3.8) is 0 Å². The molecule has 0 radical (unpaired) electrons. The molecule has 0 spiro atoms. The summed E-state index contributed by atoms with van der Waals surface area (Å²) < 4.78 is 35.5. The Kier molecular flexibility index (Phi) is 5.27. The molecule has 1 aliphatic heterocycles. The molecule has 4 rings (SSSR count). The first kappa shape index (κ1) is 20.4. The molecule has 10 heteroatoms. The zero-order valence-electron chi connectivity index (χ0n) is 17.4. The van der Waals surface area contributed by atoms with Crippen LogP contribution in [-0.4, -0.2) is 56.7 Å². The second-order valence-electron chi connectivity index (χ2n) is 7.74. The van der Waals surface area contributed by atoms with Crippen LogP contribution in [0.3, 0.4) is 0 Å². The van der Waals surface area contributed by atoms with Gasteiger partial charge in [-0.25, -0.2) is 23.7 Å². The van der Waals surface area contributed by atoms with Gasteiger partial charge in [-0.15, -0.1) is 0 Å². The average Bonchev–Trinajstić information content (AvgIpc) is 3.02. The second-order valence-corrected chi connectivity index (χ2v) is 7.74. The number of nitrogens with one attached hydrogen (secondary N) is 1. The van der Waals surface area contributed by atoms with Crippen molar-refractivity contribution in [2.45, 2.75) is 45.3 Å². The second kappa shape index (κ2) is 7.75. The third-order valence-corrected chi connectivity index (χ3v) is 5.27. The lowest BCUT2D eigenvalue weighted by Crippen LogP contribution is -2.52. The highest BCUT2D eigenvalue weighted by Crippen LogP contribution is 2.31. The number of imidazole rings is 1. The van der Waals surface area contributed by atoms with Gasteiger partial charge in [0.15, 0.2) is 0 Å². The van der Waals surface area contributed by atoms with Crippen molar-refractivity contribution in [1.29, 1.82) is 0 Å². The van der Waals surface area contributed by atoms with E-state index in [2.05, 4.69) is 43.7 Å². The summed E-state index contributed by atoms with van der Waals surface area (Å²) in [4.78, 5) is 19.0. The quantitative estimate of drug-likeness (QED) is 0.678. The van der Waals surface area contributed by atoms with Crippen LogP contribution in [0.2, 0.25) is 0 Å². The van der Waals surface area contributed by atoms with Crippen LogP contribution in [0.1, 0.15) is 32.1 Å². The highest BCUT2D eigenvalue weighted by molar-refractivity contribution is 5.79. The van der Waals surface area contributed by atoms with Crippen LogP contribution in [0, 0.1) is 6.92 Å². The van der Waals surface area contributed by atoms with E-state index in [1.807, 2.05) is 13.0 Å². The SMILES string of the molecule is COC1CCN(c2nccc(Nc3cc4c(cn3)nc(C)n4C(C)C)n2)CC1(F)F. The van der Waals surface area contributed by atoms with Crippen LogP contribution >= 0.6 is 0 Å². The van der Waals surface area contributed by atoms with Crippen molar-refractivity contribution in [3.8, 4) is 0 Å². The maximum absolute atomic E-state index is 14.2. The molecule has 1 saturated heterocycles. The predicted molar refractivity (Wildman–Crippen MR) is 111 cm³/mol. The van der Waals surface area contributed by atoms with Crippen LogP contribution in [0.5, 0.6) is 0 Å². The highest BCUT2D eigenvalue weighted by Gasteiger charge is 2.45. The molecule has 1 fully saturated rings. The number of methoxy groups -OCH3 is 1. The summed E-state index contributed by atoms with van der Waals surface area (Å²) in [6.45, 7) is 6.08. The minimum absolute atomic E-state index is 0.210. The fraction of sp³-hybridized carbons (Fsp3) is 0.500. The van der Waals surface area contributed by atoms with E-state index in [1.165, 1.54) is 12.0 Å². The summed E-state index contributed by atoms with van der Waals surface area (Å²) in [6, 6.07) is 3.85. The van der Waals surface area contributed by atoms with Gasteiger partial charge in [0, 0.05) is 32.0 Å². The normalized spacial score (nSPS) is 18.9. The molecule has 3 aromatic heterocycles. The lowest BCUT2D eigenvalue weighted by atomic mass is 10.0. The molecule has 0 aromatic carbocycles. The lowest BCUT2D eigenvalue weighted by Gasteiger charge is -2.37. The first-order valence-corrected chi connectivity index (χ1v) is 9.88. The van der Waals surface area contributed by atoms with Gasteiger partial charge in [-0.3, -0.25) is 0 Å². The van der Waals surface area contributed by atoms with Crippen molar-refractivity contribution < 1.29 is 13.5 Å². The molecule has 3 aromatic rings. The first-order valence-electron chi connectivity index (χ1n) is 9.88. The van der Waals surface area contributed by atoms with E-state index >= 15 is 0 Å². The van der Waals surface area contributed by atoms with Crippen LogP contribution < -0.4 is 10.2 Å². The Morgan fingerprint density at radius 3 is 2.73 bits per heavy atom. The summed E-state index contributed by atoms with van der Waals surface area (Å²) in [5.41, 5.74) is 1.79. The molecule has 160 valence electrons. The lowest BCUT2D eigenvalue weighted by molar-refractivity contribution is -0.129. The van der Waals surface area contributed by atoms with Crippen LogP contribution in [0.15, 0.2) is 24.5 Å². The van der Waals surface area contributed by atoms with Crippen molar-refractivity contribution in [2.75, 3.05) is 30.4 Å². The standard InChI is InChI=1S/C20H25F2N7O/c1-12(2)29-13(3)25-14-10-24-18(9-15(14)29)26-17-5-7-23-19(27-17)28-8-6-16(30-4)20(21,22)11-28/h5,7,9-10,12,16H,6,8,11H2,1-4H3,(H,23,24,26,27). The third-order valence-electron chi connectivity index (χ3n) is 5.27. The molecule has 1 atom stereocenters. The smallest absolute Gasteiger partial charge is 0.290 e. The van der Waals surface area contributed by atoms with Crippen LogP contribution in [0.25, 0.3) is 11.0 Å². The number of alkyl halides is 2. The van der Waals surface area contributed by atoms with Gasteiger partial charge in [-0.2, -0.15) is 4.98 Å². The molecule has 4 heterocycles. The molecule has 1 unspecified atom stereocenters. The summed E-state index contributed by atoms with van der Waals surface area (Å²) in [5.74, 6) is -0.713. The number of nitrogens with zero attached hydrogens (tertiary/aromatic N) is 6. The van der Waals surface area contributed by atoms with E-state index in [1.54, 1.807) is 18.5 Å². The number of fused-ring (bicyclic) bond motifs is 1. The van der Waals surface area contributed by atoms with Gasteiger partial charge in [0.05, 0.1) is 18.3 Å². The largest absolute Gasteiger partial charge is 0.375 e. The summed E-state index contributed by atoms with van der Waals surface area (Å²) in [6.07, 6.45) is 2.38. The first-order chi connectivity index (χ1) is 14.3. The molecule has 0 amide bonds. The Morgan fingerprint density at radius 2 is 2.03 bits per heavy atom. The number of hydrogen-bond donors (Lipinski definition) is 1. The van der Waals surface area contributed by atoms with Gasteiger partial charge in [0.2, 0.25) is 5.95 Å². The zero-order chi connectivity index (χ0) is 21.5. The predicted octanol–water partition coefficient (Wildman–Crippen LogP) is 3.71. The number of pyridine rings is 1. The summed E-state index contributed by atoms with van der Waals surface area (Å²) in [5, 5.41) is 3.15. The number of anilines is 3. The van der Waals surface area contributed by atoms with Gasteiger partial charge in [0.25, 0.3) is 5.92 Å². The molecule has 0 saturated carbocycles. The average molecular weight is 417 g/mol. The number of aryl methyl sites for hydroxylation is 1. The van der Waals surface area contributed by atoms with Crippen molar-refractivity contribution >= 4 is 28.6 Å².